The molecule has 0 aromatic rings. The average molecular weight is 1510 g/mol. The first-order chi connectivity index (χ1) is 48.5. The van der Waals surface area contributed by atoms with Gasteiger partial charge in [-0.15, -0.1) is 0 Å². The van der Waals surface area contributed by atoms with Crippen LogP contribution >= 0.6 is 0 Å². The van der Waals surface area contributed by atoms with Crippen LogP contribution in [-0.4, -0.2) is 0 Å². The van der Waals surface area contributed by atoms with E-state index in [1.165, 1.54) is 173 Å². The highest BCUT2D eigenvalue weighted by molar-refractivity contribution is 5.02. The predicted octanol–water partition coefficient (Wildman–Crippen LogP) is 36.6. The molecule has 6 bridgehead atoms. The van der Waals surface area contributed by atoms with Crippen LogP contribution in [0.5, 0.6) is 0 Å². The zero-order chi connectivity index (χ0) is 83.4. The lowest BCUT2D eigenvalue weighted by molar-refractivity contribution is 0.0202. The second-order valence-corrected chi connectivity index (χ2v) is 54.6. The molecule has 0 aromatic carbocycles. The van der Waals surface area contributed by atoms with Crippen molar-refractivity contribution in [2.75, 3.05) is 0 Å². The van der Waals surface area contributed by atoms with Gasteiger partial charge in [-0.25, -0.2) is 0 Å². The fourth-order valence-corrected chi connectivity index (χ4v) is 31.5. The smallest absolute Gasteiger partial charge is 0.0288 e. The molecular weight excluding hydrogens is 1300 g/mol. The van der Waals surface area contributed by atoms with Crippen molar-refractivity contribution in [3.63, 3.8) is 0 Å². The summed E-state index contributed by atoms with van der Waals surface area (Å²) in [6, 6.07) is 0. The van der Waals surface area contributed by atoms with E-state index >= 15 is 0 Å². The first-order valence-electron chi connectivity index (χ1n) is 48.5. The van der Waals surface area contributed by atoms with Crippen LogP contribution in [0, 0.1) is 187 Å². The minimum atomic E-state index is 0.547. The maximum atomic E-state index is 2.46. The monoisotopic (exact) mass is 1510 g/mol. The second-order valence-electron chi connectivity index (χ2n) is 54.6. The molecule has 0 nitrogen and oxygen atoms in total. The van der Waals surface area contributed by atoms with Crippen molar-refractivity contribution in [3.05, 3.63) is 0 Å². The highest BCUT2D eigenvalue weighted by atomic mass is 14.6. The Morgan fingerprint density at radius 3 is 0.889 bits per heavy atom. The van der Waals surface area contributed by atoms with E-state index in [-0.39, 0.29) is 0 Å². The van der Waals surface area contributed by atoms with Crippen LogP contribution in [0.25, 0.3) is 0 Å². The van der Waals surface area contributed by atoms with E-state index in [0.717, 1.165) is 101 Å². The van der Waals surface area contributed by atoms with Gasteiger partial charge in [-0.3, -0.25) is 0 Å². The third-order valence-electron chi connectivity index (χ3n) is 36.0. The van der Waals surface area contributed by atoms with Crippen LogP contribution in [0.3, 0.4) is 0 Å². The fourth-order valence-electron chi connectivity index (χ4n) is 31.5. The van der Waals surface area contributed by atoms with Crippen LogP contribution in [-0.2, 0) is 0 Å². The standard InChI is InChI=1S/3C12H24.4C11H22.C10H18.2C9H16/c1-10(2)7-11(3,4)9-12(5,6)8-10;1-9(2)10-11(3,4)7-8-12(10,5)6;1-6-10-7-11(2,3)9-12(4,5)8-10;1-9-6-10(2,3)8-11(4,5)7-9;1-9-10(2,3)7-6-8-11(9,4)5;1-6-9-7-10(2,3)11(4,5)8-9;1-6-9-10(2,3)7-8-11(9,4)5;1-7-8-4-5-9(6-8)10(7,2)3;1-6-7(2)9-4-3-8(6)5-9;1-2-8-5-7-3-4-9(8)6-7/h7-9H2,1-6H3;9-10H,7-8H2,1-6H3;10H,6-9H2,1-5H3;4*9H,6-8H2,1-5H3;7-9H,4-6H2,1-3H3;6-9H,3-5H2,1-2H3;7-9H,2-6H2,1H3/t;;;;;;;7-,8?,9?;6-,7?,8?,9?;/m.......10./s1. The quantitative estimate of drug-likeness (QED) is 0.257. The third kappa shape index (κ3) is 28.6. The molecule has 108 heavy (non-hydrogen) atoms. The molecule has 13 fully saturated rings. The molecule has 10 atom stereocenters. The summed E-state index contributed by atoms with van der Waals surface area (Å²) in [5.41, 5.74) is 9.24. The molecule has 0 radical (unpaired) electrons. The fraction of sp³-hybridized carbons (Fsp3) is 1.00. The lowest BCUT2D eigenvalue weighted by atomic mass is 9.56. The molecule has 13 aliphatic rings. The zero-order valence-corrected chi connectivity index (χ0v) is 83.4. The molecule has 0 aliphatic heterocycles. The second kappa shape index (κ2) is 37.5. The zero-order valence-electron chi connectivity index (χ0n) is 83.4. The summed E-state index contributed by atoms with van der Waals surface area (Å²) in [6.07, 6.45) is 46.4. The predicted molar refractivity (Wildman–Crippen MR) is 490 cm³/mol. The van der Waals surface area contributed by atoms with E-state index in [9.17, 15) is 0 Å². The molecule has 0 N–H and O–H groups in total. The van der Waals surface area contributed by atoms with Gasteiger partial charge >= 0.3 is 0 Å². The highest BCUT2D eigenvalue weighted by Crippen LogP contribution is 2.62. The van der Waals surface area contributed by atoms with Crippen LogP contribution < -0.4 is 0 Å². The molecule has 0 heterocycles. The summed E-state index contributed by atoms with van der Waals surface area (Å²) < 4.78 is 0. The topological polar surface area (TPSA) is 0 Å². The summed E-state index contributed by atoms with van der Waals surface area (Å²) in [7, 11) is 0. The Balaban J connectivity index is 0.000000254. The van der Waals surface area contributed by atoms with Gasteiger partial charge in [-0.1, -0.05) is 336 Å². The van der Waals surface area contributed by atoms with Gasteiger partial charge in [-0.05, 0) is 354 Å². The Bertz CT molecular complexity index is 2440. The maximum absolute atomic E-state index is 2.46. The summed E-state index contributed by atoms with van der Waals surface area (Å²) in [4.78, 5) is 0. The summed E-state index contributed by atoms with van der Waals surface area (Å²) >= 11 is 0. The minimum absolute atomic E-state index is 0.547. The first-order valence-corrected chi connectivity index (χ1v) is 48.5. The van der Waals surface area contributed by atoms with Crippen molar-refractivity contribution in [1.29, 1.82) is 0 Å². The van der Waals surface area contributed by atoms with Gasteiger partial charge in [0.25, 0.3) is 0 Å². The van der Waals surface area contributed by atoms with E-state index in [4.69, 9.17) is 0 Å². The van der Waals surface area contributed by atoms with Crippen LogP contribution in [0.15, 0.2) is 0 Å². The summed E-state index contributed by atoms with van der Waals surface area (Å²) in [5.74, 6) is 17.3. The van der Waals surface area contributed by atoms with Crippen molar-refractivity contribution < 1.29 is 0 Å². The Labute approximate surface area is 686 Å². The van der Waals surface area contributed by atoms with Gasteiger partial charge in [0.05, 0.1) is 0 Å². The molecule has 8 unspecified atom stereocenters. The Kier molecular flexibility index (Phi) is 34.9. The van der Waals surface area contributed by atoms with E-state index in [2.05, 4.69) is 298 Å². The molecular formula is C108H210. The number of hydrogen-bond donors (Lipinski definition) is 0. The molecule has 0 heteroatoms. The largest absolute Gasteiger partial charge is 0.0651 e. The molecule has 13 aliphatic carbocycles. The summed E-state index contributed by atoms with van der Waals surface area (Å²) in [5, 5.41) is 0. The maximum Gasteiger partial charge on any atom is -0.0288 e. The molecule has 0 spiro atoms. The van der Waals surface area contributed by atoms with E-state index in [1.54, 1.807) is 32.1 Å². The molecule has 0 saturated heterocycles. The highest BCUT2D eigenvalue weighted by Gasteiger charge is 2.52. The average Bonchev–Trinajstić information content (AvgIpc) is 1.50. The normalized spacial score (nSPS) is 35.3. The van der Waals surface area contributed by atoms with Gasteiger partial charge in [0.15, 0.2) is 0 Å². The molecule has 0 aromatic heterocycles. The minimum Gasteiger partial charge on any atom is -0.0651 e. The van der Waals surface area contributed by atoms with Gasteiger partial charge in [-0.2, -0.15) is 0 Å². The van der Waals surface area contributed by atoms with Gasteiger partial charge in [0.2, 0.25) is 0 Å². The van der Waals surface area contributed by atoms with Crippen LogP contribution in [0.4, 0.5) is 0 Å². The van der Waals surface area contributed by atoms with Crippen molar-refractivity contribution in [2.45, 2.75) is 503 Å². The Morgan fingerprint density at radius 1 is 0.306 bits per heavy atom. The SMILES string of the molecule is CC(C)C1C(C)(C)CCC1(C)C.CC1(C)CC(C)(C)CC(C)(C)C1.CC1C(C)(C)CCCC1(C)C.CC1C2CCC(C2)[C@H]1C.CC1CC(C)(C)CC(C)(C)C1.CCC1C(C)(C)CCC1(C)C.CCC1CC(C)(C)C(C)(C)C1.CCC1CC(C)(C)CC(C)(C)C1.CCC1CC2CCC1C2.C[C@@H]1C2CCC(C2)C1(C)C. The van der Waals surface area contributed by atoms with Gasteiger partial charge < -0.3 is 0 Å². The lowest BCUT2D eigenvalue weighted by Gasteiger charge is -2.49. The number of hydrogen-bond acceptors (Lipinski definition) is 0. The molecule has 0 amide bonds. The van der Waals surface area contributed by atoms with Crippen LogP contribution in [0.1, 0.15) is 503 Å². The van der Waals surface area contributed by atoms with Crippen molar-refractivity contribution in [1.82, 2.24) is 0 Å². The van der Waals surface area contributed by atoms with E-state index < -0.39 is 0 Å². The number of rotatable bonds is 5. The van der Waals surface area contributed by atoms with Crippen LogP contribution in [0.2, 0.25) is 0 Å². The molecule has 13 saturated carbocycles. The first kappa shape index (κ1) is 100. The van der Waals surface area contributed by atoms with E-state index in [0.29, 0.717) is 86.6 Å². The number of fused-ring (bicyclic) bond motifs is 6. The van der Waals surface area contributed by atoms with Crippen molar-refractivity contribution in [2.24, 2.45) is 187 Å². The van der Waals surface area contributed by atoms with Gasteiger partial charge in [0.1, 0.15) is 0 Å². The molecule has 13 rings (SSSR count). The Morgan fingerprint density at radius 2 is 0.657 bits per heavy atom. The third-order valence-corrected chi connectivity index (χ3v) is 36.0. The van der Waals surface area contributed by atoms with E-state index in [1.807, 2.05) is 0 Å². The van der Waals surface area contributed by atoms with Crippen molar-refractivity contribution in [3.8, 4) is 0 Å². The lowest BCUT2D eigenvalue weighted by Crippen LogP contribution is -2.38. The summed E-state index contributed by atoms with van der Waals surface area (Å²) in [6.45, 7) is 104. The Hall–Kier alpha value is 0. The van der Waals surface area contributed by atoms with Gasteiger partial charge in [0, 0.05) is 0 Å². The molecule has 642 valence electrons. The van der Waals surface area contributed by atoms with Crippen molar-refractivity contribution >= 4 is 0 Å².